The molecule has 1 aliphatic heterocycles. The van der Waals surface area contributed by atoms with E-state index in [2.05, 4.69) is 25.2 Å². The minimum atomic E-state index is -4.79. The van der Waals surface area contributed by atoms with Crippen LogP contribution in [0.1, 0.15) is 21.6 Å². The summed E-state index contributed by atoms with van der Waals surface area (Å²) in [7, 11) is 2.04. The molecule has 33 heavy (non-hydrogen) atoms. The van der Waals surface area contributed by atoms with E-state index >= 15 is 0 Å². The summed E-state index contributed by atoms with van der Waals surface area (Å²) in [6, 6.07) is 9.28. The van der Waals surface area contributed by atoms with Crippen LogP contribution in [0.15, 0.2) is 48.8 Å². The third kappa shape index (κ3) is 5.12. The van der Waals surface area contributed by atoms with Crippen molar-refractivity contribution in [2.45, 2.75) is 12.7 Å². The molecular formula is C22H22ClF3N6O. The molecule has 7 nitrogen and oxygen atoms in total. The van der Waals surface area contributed by atoms with Gasteiger partial charge in [-0.05, 0) is 37.4 Å². The number of piperazine rings is 1. The maximum Gasteiger partial charge on any atom is 0.434 e. The number of amides is 1. The number of anilines is 1. The lowest BCUT2D eigenvalue weighted by atomic mass is 10.2. The van der Waals surface area contributed by atoms with Gasteiger partial charge >= 0.3 is 6.18 Å². The van der Waals surface area contributed by atoms with Crippen molar-refractivity contribution in [3.05, 3.63) is 70.6 Å². The predicted molar refractivity (Wildman–Crippen MR) is 119 cm³/mol. The molecule has 1 aromatic carbocycles. The molecule has 1 amide bonds. The van der Waals surface area contributed by atoms with Gasteiger partial charge in [0, 0.05) is 49.5 Å². The Morgan fingerprint density at radius 3 is 2.48 bits per heavy atom. The van der Waals surface area contributed by atoms with E-state index in [1.807, 2.05) is 13.1 Å². The Bertz CT molecular complexity index is 1120. The van der Waals surface area contributed by atoms with Crippen LogP contribution in [0.4, 0.5) is 19.0 Å². The number of aromatic nitrogens is 3. The first kappa shape index (κ1) is 23.1. The molecule has 174 valence electrons. The van der Waals surface area contributed by atoms with Crippen LogP contribution in [-0.2, 0) is 12.7 Å². The van der Waals surface area contributed by atoms with Crippen molar-refractivity contribution in [3.8, 4) is 5.69 Å². The maximum absolute atomic E-state index is 13.9. The SMILES string of the molecule is CN1CCN(c2ncccc2CNC(=O)c2cnn(-c3ccc(Cl)cc3)c2C(F)(F)F)CC1. The van der Waals surface area contributed by atoms with Crippen molar-refractivity contribution in [1.29, 1.82) is 0 Å². The summed E-state index contributed by atoms with van der Waals surface area (Å²) in [5.74, 6) is -0.144. The predicted octanol–water partition coefficient (Wildman–Crippen LogP) is 3.62. The Kier molecular flexibility index (Phi) is 6.57. The molecule has 0 saturated carbocycles. The summed E-state index contributed by atoms with van der Waals surface area (Å²) < 4.78 is 42.3. The third-order valence-electron chi connectivity index (χ3n) is 5.46. The molecule has 1 N–H and O–H groups in total. The summed E-state index contributed by atoms with van der Waals surface area (Å²) in [4.78, 5) is 21.5. The highest BCUT2D eigenvalue weighted by atomic mass is 35.5. The van der Waals surface area contributed by atoms with Crippen LogP contribution < -0.4 is 10.2 Å². The highest BCUT2D eigenvalue weighted by Crippen LogP contribution is 2.34. The van der Waals surface area contributed by atoms with E-state index in [0.717, 1.165) is 43.8 Å². The third-order valence-corrected chi connectivity index (χ3v) is 5.72. The summed E-state index contributed by atoms with van der Waals surface area (Å²) in [5, 5.41) is 6.80. The Hall–Kier alpha value is -3.11. The largest absolute Gasteiger partial charge is 0.434 e. The molecule has 11 heteroatoms. The highest BCUT2D eigenvalue weighted by Gasteiger charge is 2.40. The van der Waals surface area contributed by atoms with Crippen LogP contribution in [0.3, 0.4) is 0 Å². The average molecular weight is 479 g/mol. The van der Waals surface area contributed by atoms with E-state index in [9.17, 15) is 18.0 Å². The molecule has 0 spiro atoms. The molecule has 0 bridgehead atoms. The van der Waals surface area contributed by atoms with Gasteiger partial charge in [-0.15, -0.1) is 0 Å². The maximum atomic E-state index is 13.9. The van der Waals surface area contributed by atoms with Crippen LogP contribution in [-0.4, -0.2) is 58.8 Å². The fraction of sp³-hybridized carbons (Fsp3) is 0.318. The molecule has 1 fully saturated rings. The van der Waals surface area contributed by atoms with Gasteiger partial charge in [0.25, 0.3) is 5.91 Å². The van der Waals surface area contributed by atoms with E-state index in [1.54, 1.807) is 12.3 Å². The van der Waals surface area contributed by atoms with Gasteiger partial charge in [0.15, 0.2) is 5.69 Å². The lowest BCUT2D eigenvalue weighted by Crippen LogP contribution is -2.45. The number of halogens is 4. The van der Waals surface area contributed by atoms with Gasteiger partial charge in [0.05, 0.1) is 17.4 Å². The molecule has 0 atom stereocenters. The normalized spacial score (nSPS) is 15.0. The summed E-state index contributed by atoms with van der Waals surface area (Å²) in [5.41, 5.74) is -0.820. The van der Waals surface area contributed by atoms with Crippen molar-refractivity contribution in [2.75, 3.05) is 38.1 Å². The molecule has 1 saturated heterocycles. The summed E-state index contributed by atoms with van der Waals surface area (Å²) in [6.45, 7) is 3.35. The van der Waals surface area contributed by atoms with E-state index < -0.39 is 23.3 Å². The Morgan fingerprint density at radius 1 is 1.12 bits per heavy atom. The second-order valence-corrected chi connectivity index (χ2v) is 8.19. The minimum Gasteiger partial charge on any atom is -0.354 e. The van der Waals surface area contributed by atoms with E-state index in [1.165, 1.54) is 24.3 Å². The van der Waals surface area contributed by atoms with Gasteiger partial charge in [0.1, 0.15) is 5.82 Å². The van der Waals surface area contributed by atoms with E-state index in [0.29, 0.717) is 9.70 Å². The van der Waals surface area contributed by atoms with Crippen LogP contribution in [0.25, 0.3) is 5.69 Å². The molecular weight excluding hydrogens is 457 g/mol. The first-order valence-corrected chi connectivity index (χ1v) is 10.7. The monoisotopic (exact) mass is 478 g/mol. The number of carbonyl (C=O) groups excluding carboxylic acids is 1. The molecule has 1 aliphatic rings. The zero-order chi connectivity index (χ0) is 23.6. The number of rotatable bonds is 5. The minimum absolute atomic E-state index is 0.0395. The van der Waals surface area contributed by atoms with Gasteiger partial charge in [-0.2, -0.15) is 18.3 Å². The zero-order valence-corrected chi connectivity index (χ0v) is 18.6. The number of carbonyl (C=O) groups is 1. The van der Waals surface area contributed by atoms with Crippen molar-refractivity contribution in [2.24, 2.45) is 0 Å². The summed E-state index contributed by atoms with van der Waals surface area (Å²) in [6.07, 6.45) is -2.20. The number of nitrogens with one attached hydrogen (secondary N) is 1. The van der Waals surface area contributed by atoms with Crippen LogP contribution in [0.2, 0.25) is 5.02 Å². The quantitative estimate of drug-likeness (QED) is 0.606. The van der Waals surface area contributed by atoms with Crippen molar-refractivity contribution < 1.29 is 18.0 Å². The van der Waals surface area contributed by atoms with Crippen LogP contribution in [0, 0.1) is 0 Å². The van der Waals surface area contributed by atoms with Crippen LogP contribution >= 0.6 is 11.6 Å². The lowest BCUT2D eigenvalue weighted by molar-refractivity contribution is -0.143. The molecule has 3 heterocycles. The number of benzene rings is 1. The number of likely N-dealkylation sites (N-methyl/N-ethyl adjacent to an activating group) is 1. The molecule has 0 unspecified atom stereocenters. The Balaban J connectivity index is 1.56. The lowest BCUT2D eigenvalue weighted by Gasteiger charge is -2.34. The number of alkyl halides is 3. The standard InChI is InChI=1S/C22H22ClF3N6O/c1-30-9-11-31(12-10-30)20-15(3-2-8-27-20)13-28-21(33)18-14-29-32(19(18)22(24,25)26)17-6-4-16(23)5-7-17/h2-8,14H,9-13H2,1H3,(H,28,33). The first-order chi connectivity index (χ1) is 15.7. The van der Waals surface area contributed by atoms with Gasteiger partial charge < -0.3 is 15.1 Å². The second-order valence-electron chi connectivity index (χ2n) is 7.75. The zero-order valence-electron chi connectivity index (χ0n) is 17.8. The molecule has 0 radical (unpaired) electrons. The van der Waals surface area contributed by atoms with E-state index in [4.69, 9.17) is 11.6 Å². The van der Waals surface area contributed by atoms with Crippen LogP contribution in [0.5, 0.6) is 0 Å². The van der Waals surface area contributed by atoms with Gasteiger partial charge in [0.2, 0.25) is 0 Å². The fourth-order valence-corrected chi connectivity index (χ4v) is 3.83. The highest BCUT2D eigenvalue weighted by molar-refractivity contribution is 6.30. The number of pyridine rings is 1. The van der Waals surface area contributed by atoms with Gasteiger partial charge in [-0.3, -0.25) is 4.79 Å². The average Bonchev–Trinajstić information content (AvgIpc) is 3.25. The topological polar surface area (TPSA) is 66.3 Å². The Labute approximate surface area is 193 Å². The Morgan fingerprint density at radius 2 is 1.82 bits per heavy atom. The number of hydrogen-bond acceptors (Lipinski definition) is 5. The van der Waals surface area contributed by atoms with Gasteiger partial charge in [-0.25, -0.2) is 9.67 Å². The molecule has 2 aromatic heterocycles. The summed E-state index contributed by atoms with van der Waals surface area (Å²) >= 11 is 5.83. The fourth-order valence-electron chi connectivity index (χ4n) is 3.71. The smallest absolute Gasteiger partial charge is 0.354 e. The molecule has 4 rings (SSSR count). The van der Waals surface area contributed by atoms with Crippen molar-refractivity contribution in [1.82, 2.24) is 25.0 Å². The van der Waals surface area contributed by atoms with E-state index in [-0.39, 0.29) is 12.2 Å². The number of hydrogen-bond donors (Lipinski definition) is 1. The number of nitrogens with zero attached hydrogens (tertiary/aromatic N) is 5. The molecule has 3 aromatic rings. The second kappa shape index (κ2) is 9.40. The van der Waals surface area contributed by atoms with Gasteiger partial charge in [-0.1, -0.05) is 17.7 Å². The first-order valence-electron chi connectivity index (χ1n) is 10.3. The van der Waals surface area contributed by atoms with Crippen molar-refractivity contribution in [3.63, 3.8) is 0 Å². The molecule has 0 aliphatic carbocycles. The van der Waals surface area contributed by atoms with Crippen molar-refractivity contribution >= 4 is 23.3 Å².